The molecule has 10 nitrogen and oxygen atoms in total. The quantitative estimate of drug-likeness (QED) is 0.328. The van der Waals surface area contributed by atoms with Gasteiger partial charge in [-0.1, -0.05) is 12.1 Å². The van der Waals surface area contributed by atoms with Crippen LogP contribution in [0.1, 0.15) is 18.4 Å². The Balaban J connectivity index is 1.34. The van der Waals surface area contributed by atoms with Gasteiger partial charge in [-0.15, -0.1) is 4.72 Å². The van der Waals surface area contributed by atoms with Crippen LogP contribution in [0.15, 0.2) is 47.4 Å². The maximum absolute atomic E-state index is 12.6. The number of benzene rings is 2. The molecule has 1 atom stereocenters. The first-order valence-electron chi connectivity index (χ1n) is 12.5. The third kappa shape index (κ3) is 4.63. The van der Waals surface area contributed by atoms with E-state index < -0.39 is 11.4 Å². The predicted molar refractivity (Wildman–Crippen MR) is 146 cm³/mol. The molecule has 1 aromatic heterocycles. The molecule has 194 valence electrons. The van der Waals surface area contributed by atoms with Gasteiger partial charge in [-0.05, 0) is 37.1 Å². The highest BCUT2D eigenvalue weighted by Gasteiger charge is 2.52. The first-order chi connectivity index (χ1) is 18.1. The Morgan fingerprint density at radius 3 is 2.65 bits per heavy atom. The van der Waals surface area contributed by atoms with Crippen LogP contribution in [0.3, 0.4) is 0 Å². The summed E-state index contributed by atoms with van der Waals surface area (Å²) in [6.07, 6.45) is 2.19. The normalized spacial score (nSPS) is 18.2. The smallest absolute Gasteiger partial charge is 0.231 e. The zero-order valence-corrected chi connectivity index (χ0v) is 21.8. The Morgan fingerprint density at radius 1 is 1.08 bits per heavy atom. The van der Waals surface area contributed by atoms with E-state index in [9.17, 15) is 4.55 Å². The number of anilines is 6. The second-order valence-corrected chi connectivity index (χ2v) is 10.8. The lowest BCUT2D eigenvalue weighted by Crippen LogP contribution is -2.36. The van der Waals surface area contributed by atoms with E-state index in [2.05, 4.69) is 31.6 Å². The zero-order valence-electron chi connectivity index (χ0n) is 21.0. The van der Waals surface area contributed by atoms with Gasteiger partial charge in [0.1, 0.15) is 17.4 Å². The average Bonchev–Trinajstić information content (AvgIpc) is 3.63. The molecule has 1 saturated carbocycles. The number of nitrogens with one attached hydrogen (secondary N) is 4. The second-order valence-electron chi connectivity index (χ2n) is 9.46. The van der Waals surface area contributed by atoms with E-state index >= 15 is 0 Å². The lowest BCUT2D eigenvalue weighted by molar-refractivity contribution is 0.122. The topological polar surface area (TPSA) is 119 Å². The molecule has 2 aromatic carbocycles. The van der Waals surface area contributed by atoms with Crippen LogP contribution < -0.4 is 30.3 Å². The van der Waals surface area contributed by atoms with Gasteiger partial charge in [0.05, 0.1) is 43.1 Å². The fourth-order valence-corrected chi connectivity index (χ4v) is 5.79. The Morgan fingerprint density at radius 2 is 1.89 bits per heavy atom. The fraction of sp³-hybridized carbons (Fsp3) is 0.385. The molecular formula is C26H31N7O3S. The van der Waals surface area contributed by atoms with Crippen LogP contribution in [0.25, 0.3) is 0 Å². The van der Waals surface area contributed by atoms with Crippen molar-refractivity contribution in [3.8, 4) is 5.75 Å². The van der Waals surface area contributed by atoms with Gasteiger partial charge in [0.25, 0.3) is 0 Å². The van der Waals surface area contributed by atoms with E-state index in [0.717, 1.165) is 80.0 Å². The standard InChI is InChI=1S/C26H31N7O3S/c1-27-37(34)21-6-4-3-5-19(21)29-24-22-23(28-16-26(22)9-10-26)31-25(32-24)30-18-8-7-17(15-20(18)35-2)33-11-13-36-14-12-33/h3-8,15,27H,9-14,16H2,1-2H3,(H3,28,29,30,31,32). The van der Waals surface area contributed by atoms with Crippen LogP contribution in [0.4, 0.5) is 34.6 Å². The molecule has 2 aliphatic heterocycles. The summed E-state index contributed by atoms with van der Waals surface area (Å²) in [5, 5.41) is 10.3. The van der Waals surface area contributed by atoms with E-state index in [1.165, 1.54) is 0 Å². The largest absolute Gasteiger partial charge is 0.593 e. The summed E-state index contributed by atoms with van der Waals surface area (Å²) in [7, 11) is 3.34. The first kappa shape index (κ1) is 24.1. The molecule has 6 rings (SSSR count). The van der Waals surface area contributed by atoms with Gasteiger partial charge < -0.3 is 34.9 Å². The summed E-state index contributed by atoms with van der Waals surface area (Å²) in [6, 6.07) is 13.7. The number of ether oxygens (including phenoxy) is 2. The predicted octanol–water partition coefficient (Wildman–Crippen LogP) is 3.51. The van der Waals surface area contributed by atoms with Gasteiger partial charge >= 0.3 is 0 Å². The molecule has 1 saturated heterocycles. The highest BCUT2D eigenvalue weighted by molar-refractivity contribution is 7.89. The van der Waals surface area contributed by atoms with Crippen LogP contribution in [0.2, 0.25) is 0 Å². The van der Waals surface area contributed by atoms with E-state index in [-0.39, 0.29) is 5.41 Å². The SMILES string of the molecule is CN[S+]([O-])c1ccccc1Nc1nc(Nc2ccc(N3CCOCC3)cc2OC)nc2c1C1(CC1)CN2. The molecule has 11 heteroatoms. The van der Waals surface area contributed by atoms with Crippen LogP contribution in [-0.4, -0.2) is 61.5 Å². The number of para-hydroxylation sites is 1. The molecule has 1 unspecified atom stereocenters. The number of aromatic nitrogens is 2. The Labute approximate surface area is 219 Å². The van der Waals surface area contributed by atoms with E-state index in [0.29, 0.717) is 16.6 Å². The number of methoxy groups -OCH3 is 1. The number of morpholine rings is 1. The summed E-state index contributed by atoms with van der Waals surface area (Å²) in [4.78, 5) is 12.7. The van der Waals surface area contributed by atoms with Crippen LogP contribution in [-0.2, 0) is 21.5 Å². The maximum atomic E-state index is 12.6. The van der Waals surface area contributed by atoms with E-state index in [4.69, 9.17) is 19.4 Å². The van der Waals surface area contributed by atoms with Gasteiger partial charge in [0, 0.05) is 49.4 Å². The lowest BCUT2D eigenvalue weighted by Gasteiger charge is -2.29. The second kappa shape index (κ2) is 9.90. The fourth-order valence-electron chi connectivity index (χ4n) is 5.05. The van der Waals surface area contributed by atoms with Crippen molar-refractivity contribution in [2.45, 2.75) is 23.2 Å². The number of fused-ring (bicyclic) bond motifs is 2. The van der Waals surface area contributed by atoms with Crippen molar-refractivity contribution in [2.24, 2.45) is 0 Å². The molecule has 1 aliphatic carbocycles. The van der Waals surface area contributed by atoms with Crippen molar-refractivity contribution in [3.05, 3.63) is 48.0 Å². The molecule has 0 bridgehead atoms. The Hall–Kier alpha value is -3.25. The zero-order chi connectivity index (χ0) is 25.4. The molecule has 4 N–H and O–H groups in total. The van der Waals surface area contributed by atoms with Gasteiger partial charge in [-0.25, -0.2) is 0 Å². The minimum absolute atomic E-state index is 0.0603. The Bertz CT molecular complexity index is 1300. The van der Waals surface area contributed by atoms with Crippen LogP contribution in [0, 0.1) is 0 Å². The third-order valence-electron chi connectivity index (χ3n) is 7.22. The number of hydrogen-bond acceptors (Lipinski definition) is 10. The van der Waals surface area contributed by atoms with Gasteiger partial charge in [-0.3, -0.25) is 0 Å². The number of rotatable bonds is 8. The number of nitrogens with zero attached hydrogens (tertiary/aromatic N) is 3. The maximum Gasteiger partial charge on any atom is 0.231 e. The van der Waals surface area contributed by atoms with E-state index in [1.807, 2.05) is 36.4 Å². The highest BCUT2D eigenvalue weighted by Crippen LogP contribution is 2.56. The lowest BCUT2D eigenvalue weighted by atomic mass is 10.0. The summed E-state index contributed by atoms with van der Waals surface area (Å²) in [6.45, 7) is 4.00. The molecule has 3 aliphatic rings. The van der Waals surface area contributed by atoms with Crippen LogP contribution in [0.5, 0.6) is 5.75 Å². The average molecular weight is 522 g/mol. The minimum Gasteiger partial charge on any atom is -0.593 e. The minimum atomic E-state index is -1.34. The van der Waals surface area contributed by atoms with Gasteiger partial charge in [-0.2, -0.15) is 9.97 Å². The highest BCUT2D eigenvalue weighted by atomic mass is 32.2. The molecule has 0 amide bonds. The van der Waals surface area contributed by atoms with Crippen molar-refractivity contribution in [1.82, 2.24) is 14.7 Å². The summed E-state index contributed by atoms with van der Waals surface area (Å²) < 4.78 is 26.6. The van der Waals surface area contributed by atoms with Crippen molar-refractivity contribution in [1.29, 1.82) is 0 Å². The molecule has 1 spiro atoms. The molecule has 3 aromatic rings. The monoisotopic (exact) mass is 521 g/mol. The van der Waals surface area contributed by atoms with Gasteiger partial charge in [0.2, 0.25) is 5.95 Å². The molecule has 37 heavy (non-hydrogen) atoms. The molecule has 3 heterocycles. The molecular weight excluding hydrogens is 490 g/mol. The van der Waals surface area contributed by atoms with Crippen molar-refractivity contribution >= 4 is 46.0 Å². The number of hydrogen-bond donors (Lipinski definition) is 4. The van der Waals surface area contributed by atoms with Gasteiger partial charge in [0.15, 0.2) is 4.90 Å². The molecule has 2 fully saturated rings. The Kier molecular flexibility index (Phi) is 6.45. The summed E-state index contributed by atoms with van der Waals surface area (Å²) >= 11 is -1.34. The van der Waals surface area contributed by atoms with E-state index in [1.54, 1.807) is 14.2 Å². The third-order valence-corrected chi connectivity index (χ3v) is 8.35. The van der Waals surface area contributed by atoms with Crippen molar-refractivity contribution in [3.63, 3.8) is 0 Å². The van der Waals surface area contributed by atoms with Crippen molar-refractivity contribution in [2.75, 3.05) is 67.9 Å². The summed E-state index contributed by atoms with van der Waals surface area (Å²) in [5.74, 6) is 2.72. The first-order valence-corrected chi connectivity index (χ1v) is 13.6. The molecule has 0 radical (unpaired) electrons. The van der Waals surface area contributed by atoms with Crippen molar-refractivity contribution < 1.29 is 14.0 Å². The van der Waals surface area contributed by atoms with Crippen LogP contribution >= 0.6 is 0 Å². The summed E-state index contributed by atoms with van der Waals surface area (Å²) in [5.41, 5.74) is 3.77.